The van der Waals surface area contributed by atoms with Gasteiger partial charge < -0.3 is 35.3 Å². The molecule has 5 heterocycles. The molecule has 228 valence electrons. The molecule has 2 fully saturated rings. The van der Waals surface area contributed by atoms with Crippen molar-refractivity contribution in [3.05, 3.63) is 58.3 Å². The van der Waals surface area contributed by atoms with Crippen molar-refractivity contribution in [2.24, 2.45) is 0 Å². The summed E-state index contributed by atoms with van der Waals surface area (Å²) in [6.07, 6.45) is 0.897. The van der Waals surface area contributed by atoms with E-state index in [1.54, 1.807) is 22.2 Å². The molecule has 1 aliphatic heterocycles. The van der Waals surface area contributed by atoms with Crippen molar-refractivity contribution in [2.75, 3.05) is 17.2 Å². The van der Waals surface area contributed by atoms with E-state index in [4.69, 9.17) is 4.74 Å². The Labute approximate surface area is 253 Å². The lowest BCUT2D eigenvalue weighted by Crippen LogP contribution is -2.36. The lowest BCUT2D eigenvalue weighted by molar-refractivity contribution is -0.123. The number of carbonyl (C=O) groups excluding carboxylic acids is 1. The largest absolute Gasteiger partial charge is 0.394 e. The van der Waals surface area contributed by atoms with Gasteiger partial charge in [-0.3, -0.25) is 9.36 Å². The quantitative estimate of drug-likeness (QED) is 0.168. The molecule has 5 N–H and O–H groups in total. The molecule has 4 aromatic heterocycles. The molecule has 0 spiro atoms. The minimum Gasteiger partial charge on any atom is -0.394 e. The summed E-state index contributed by atoms with van der Waals surface area (Å²) in [5, 5.41) is 36.9. The third-order valence-electron chi connectivity index (χ3n) is 7.89. The zero-order valence-corrected chi connectivity index (χ0v) is 24.1. The van der Waals surface area contributed by atoms with Gasteiger partial charge in [-0.25, -0.2) is 14.8 Å². The molecule has 0 radical (unpaired) electrons. The maximum atomic E-state index is 12.9. The molecular formula is C28H29N9O6S. The first-order chi connectivity index (χ1) is 21.4. The molecule has 1 saturated heterocycles. The molecule has 2 aliphatic rings. The highest BCUT2D eigenvalue weighted by Crippen LogP contribution is 2.32. The number of hydrogen-bond donors (Lipinski definition) is 5. The van der Waals surface area contributed by atoms with Gasteiger partial charge >= 0.3 is 5.69 Å². The first-order valence-corrected chi connectivity index (χ1v) is 15.1. The highest BCUT2D eigenvalue weighted by Gasteiger charge is 2.43. The van der Waals surface area contributed by atoms with E-state index in [1.807, 2.05) is 24.3 Å². The molecule has 7 rings (SSSR count). The SMILES string of the molecule is O=C1CCCC[C@H]1n1cnc2c(NCc3nc4ccccc4s3)nc(Nc3ccn(C4O[C@H](CO)[C@@H](O)[C@H]4O)c(=O)n3)nc21. The Hall–Kier alpha value is -4.35. The Kier molecular flexibility index (Phi) is 7.51. The molecule has 15 nitrogen and oxygen atoms in total. The van der Waals surface area contributed by atoms with Crippen LogP contribution in [0.25, 0.3) is 21.4 Å². The molecule has 44 heavy (non-hydrogen) atoms. The third-order valence-corrected chi connectivity index (χ3v) is 8.92. The number of para-hydroxylation sites is 1. The predicted molar refractivity (Wildman–Crippen MR) is 160 cm³/mol. The summed E-state index contributed by atoms with van der Waals surface area (Å²) in [7, 11) is 0. The summed E-state index contributed by atoms with van der Waals surface area (Å²) in [4.78, 5) is 48.3. The summed E-state index contributed by atoms with van der Waals surface area (Å²) < 4.78 is 9.33. The van der Waals surface area contributed by atoms with E-state index < -0.39 is 36.8 Å². The third kappa shape index (κ3) is 5.20. The summed E-state index contributed by atoms with van der Waals surface area (Å²) in [6.45, 7) is -0.145. The van der Waals surface area contributed by atoms with Crippen molar-refractivity contribution < 1.29 is 24.9 Å². The standard InChI is InChI=1S/C28H29N9O6S/c38-12-17-22(40)23(41)26(43-17)36-10-9-19(33-28(36)42)32-27-34-24(29-11-20-31-14-5-1-4-8-18(14)44-20)21-25(35-27)37(13-30-21)15-6-2-3-7-16(15)39/h1,4-5,8-10,13,15,17,22-23,26,38,40-41H,2-3,6-7,11-12H2,(H2,29,32,33,34,35,42)/t15-,17-,22-,23-,26?/m1/s1. The molecule has 1 saturated carbocycles. The summed E-state index contributed by atoms with van der Waals surface area (Å²) in [5.41, 5.74) is 1.08. The van der Waals surface area contributed by atoms with Crippen LogP contribution in [0.1, 0.15) is 43.0 Å². The number of aliphatic hydroxyl groups is 3. The lowest BCUT2D eigenvalue weighted by Gasteiger charge is -2.22. The predicted octanol–water partition coefficient (Wildman–Crippen LogP) is 1.64. The van der Waals surface area contributed by atoms with Gasteiger partial charge in [0.1, 0.15) is 29.1 Å². The van der Waals surface area contributed by atoms with E-state index in [1.165, 1.54) is 12.3 Å². The van der Waals surface area contributed by atoms with Gasteiger partial charge in [0.25, 0.3) is 0 Å². The Balaban J connectivity index is 1.21. The van der Waals surface area contributed by atoms with E-state index in [0.717, 1.165) is 32.6 Å². The number of carbonyl (C=O) groups is 1. The summed E-state index contributed by atoms with van der Waals surface area (Å²) in [5.74, 6) is 0.780. The fraction of sp³-hybridized carbons (Fsp3) is 0.393. The number of nitrogens with one attached hydrogen (secondary N) is 2. The van der Waals surface area contributed by atoms with Gasteiger partial charge in [0.15, 0.2) is 29.0 Å². The zero-order chi connectivity index (χ0) is 30.4. The highest BCUT2D eigenvalue weighted by molar-refractivity contribution is 7.18. The fourth-order valence-electron chi connectivity index (χ4n) is 5.64. The summed E-state index contributed by atoms with van der Waals surface area (Å²) >= 11 is 1.56. The topological polar surface area (TPSA) is 202 Å². The maximum Gasteiger partial charge on any atom is 0.351 e. The number of aliphatic hydroxyl groups excluding tert-OH is 3. The van der Waals surface area contributed by atoms with Crippen LogP contribution in [-0.2, 0) is 16.1 Å². The van der Waals surface area contributed by atoms with Crippen LogP contribution in [0.4, 0.5) is 17.6 Å². The maximum absolute atomic E-state index is 12.9. The monoisotopic (exact) mass is 619 g/mol. The number of thiazole rings is 1. The first kappa shape index (κ1) is 28.4. The van der Waals surface area contributed by atoms with Crippen LogP contribution in [0.2, 0.25) is 0 Å². The van der Waals surface area contributed by atoms with Gasteiger partial charge in [-0.05, 0) is 31.0 Å². The number of fused-ring (bicyclic) bond motifs is 2. The van der Waals surface area contributed by atoms with Crippen molar-refractivity contribution in [1.82, 2.24) is 34.1 Å². The Morgan fingerprint density at radius 2 is 1.89 bits per heavy atom. The van der Waals surface area contributed by atoms with Gasteiger partial charge in [0.05, 0.1) is 35.7 Å². The van der Waals surface area contributed by atoms with Crippen LogP contribution in [0, 0.1) is 0 Å². The molecule has 0 bridgehead atoms. The Bertz CT molecular complexity index is 1870. The second-order valence-electron chi connectivity index (χ2n) is 10.7. The number of Topliss-reactive ketones (excluding diaryl/α,β-unsaturated/α-hetero) is 1. The van der Waals surface area contributed by atoms with Crippen LogP contribution >= 0.6 is 11.3 Å². The number of aromatic nitrogens is 7. The van der Waals surface area contributed by atoms with Gasteiger partial charge in [-0.15, -0.1) is 11.3 Å². The van der Waals surface area contributed by atoms with E-state index >= 15 is 0 Å². The second kappa shape index (κ2) is 11.6. The average Bonchev–Trinajstić information content (AvgIpc) is 3.72. The van der Waals surface area contributed by atoms with Crippen LogP contribution in [0.5, 0.6) is 0 Å². The Morgan fingerprint density at radius 1 is 1.02 bits per heavy atom. The number of ether oxygens (including phenoxy) is 1. The lowest BCUT2D eigenvalue weighted by atomic mass is 9.94. The molecule has 5 atom stereocenters. The van der Waals surface area contributed by atoms with E-state index in [0.29, 0.717) is 36.4 Å². The number of hydrogen-bond acceptors (Lipinski definition) is 14. The smallest absolute Gasteiger partial charge is 0.351 e. The van der Waals surface area contributed by atoms with Crippen molar-refractivity contribution >= 4 is 56.1 Å². The van der Waals surface area contributed by atoms with Gasteiger partial charge in [-0.2, -0.15) is 15.0 Å². The van der Waals surface area contributed by atoms with Crippen molar-refractivity contribution in [2.45, 2.75) is 62.8 Å². The molecule has 5 aromatic rings. The van der Waals surface area contributed by atoms with Crippen LogP contribution in [0.15, 0.2) is 47.7 Å². The first-order valence-electron chi connectivity index (χ1n) is 14.2. The van der Waals surface area contributed by atoms with Crippen LogP contribution < -0.4 is 16.3 Å². The number of imidazole rings is 1. The van der Waals surface area contributed by atoms with Crippen molar-refractivity contribution in [3.8, 4) is 0 Å². The number of benzene rings is 1. The van der Waals surface area contributed by atoms with Gasteiger partial charge in [0.2, 0.25) is 5.95 Å². The molecule has 1 aromatic carbocycles. The normalized spacial score (nSPS) is 23.9. The molecule has 0 amide bonds. The zero-order valence-electron chi connectivity index (χ0n) is 23.3. The van der Waals surface area contributed by atoms with E-state index in [-0.39, 0.29) is 23.6 Å². The number of nitrogens with zero attached hydrogens (tertiary/aromatic N) is 7. The molecular weight excluding hydrogens is 590 g/mol. The fourth-order valence-corrected chi connectivity index (χ4v) is 6.54. The molecule has 1 aliphatic carbocycles. The highest BCUT2D eigenvalue weighted by atomic mass is 32.1. The van der Waals surface area contributed by atoms with Crippen LogP contribution in [-0.4, -0.2) is 80.1 Å². The number of ketones is 1. The molecule has 16 heteroatoms. The summed E-state index contributed by atoms with van der Waals surface area (Å²) in [6, 6.07) is 8.96. The minimum absolute atomic E-state index is 0.117. The number of anilines is 3. The van der Waals surface area contributed by atoms with Crippen molar-refractivity contribution in [1.29, 1.82) is 0 Å². The minimum atomic E-state index is -1.43. The van der Waals surface area contributed by atoms with Gasteiger partial charge in [-0.1, -0.05) is 18.6 Å². The average molecular weight is 620 g/mol. The second-order valence-corrected chi connectivity index (χ2v) is 11.8. The van der Waals surface area contributed by atoms with Gasteiger partial charge in [0, 0.05) is 12.6 Å². The number of rotatable bonds is 8. The van der Waals surface area contributed by atoms with E-state index in [9.17, 15) is 24.9 Å². The van der Waals surface area contributed by atoms with E-state index in [2.05, 4.69) is 35.6 Å². The molecule has 1 unspecified atom stereocenters. The Morgan fingerprint density at radius 3 is 2.66 bits per heavy atom. The van der Waals surface area contributed by atoms with Crippen LogP contribution in [0.3, 0.4) is 0 Å². The van der Waals surface area contributed by atoms with Crippen molar-refractivity contribution in [3.63, 3.8) is 0 Å².